The lowest BCUT2D eigenvalue weighted by molar-refractivity contribution is -0.137. The average Bonchev–Trinajstić information content (AvgIpc) is 2.68. The molecular weight excluding hydrogens is 401 g/mol. The van der Waals surface area contributed by atoms with Gasteiger partial charge < -0.3 is 4.74 Å². The van der Waals surface area contributed by atoms with Gasteiger partial charge in [0.15, 0.2) is 9.84 Å². The molecule has 0 aliphatic carbocycles. The molecule has 0 amide bonds. The van der Waals surface area contributed by atoms with Crippen LogP contribution in [0.1, 0.15) is 12.5 Å². The number of benzene rings is 3. The van der Waals surface area contributed by atoms with Crippen molar-refractivity contribution in [3.8, 4) is 22.6 Å². The van der Waals surface area contributed by atoms with E-state index in [2.05, 4.69) is 0 Å². The summed E-state index contributed by atoms with van der Waals surface area (Å²) in [7, 11) is -3.49. The first-order chi connectivity index (χ1) is 13.7. The molecule has 0 atom stereocenters. The van der Waals surface area contributed by atoms with Crippen molar-refractivity contribution in [3.63, 3.8) is 0 Å². The highest BCUT2D eigenvalue weighted by Crippen LogP contribution is 2.35. The molecule has 3 nitrogen and oxygen atoms in total. The third-order valence-electron chi connectivity index (χ3n) is 4.11. The standard InChI is InChI=1S/C22H17F3O3S/c1-2-15-29(26,27)19-13-7-16(8-14-19)20-5-3-4-6-21(20)28-18-11-9-17(10-12-18)22(23,24)25/h2-15H,1H3. The molecule has 0 aromatic heterocycles. The summed E-state index contributed by atoms with van der Waals surface area (Å²) in [4.78, 5) is 0.167. The van der Waals surface area contributed by atoms with E-state index in [9.17, 15) is 21.6 Å². The van der Waals surface area contributed by atoms with Gasteiger partial charge in [0.05, 0.1) is 10.5 Å². The van der Waals surface area contributed by atoms with Crippen molar-refractivity contribution in [1.29, 1.82) is 0 Å². The Balaban J connectivity index is 1.90. The molecule has 0 heterocycles. The number of hydrogen-bond donors (Lipinski definition) is 0. The molecule has 0 bridgehead atoms. The lowest BCUT2D eigenvalue weighted by atomic mass is 10.0. The highest BCUT2D eigenvalue weighted by molar-refractivity contribution is 7.94. The van der Waals surface area contributed by atoms with Gasteiger partial charge in [-0.05, 0) is 55.0 Å². The monoisotopic (exact) mass is 418 g/mol. The summed E-state index contributed by atoms with van der Waals surface area (Å²) in [5.41, 5.74) is 0.644. The van der Waals surface area contributed by atoms with E-state index in [4.69, 9.17) is 4.74 Å². The van der Waals surface area contributed by atoms with Crippen LogP contribution in [0.3, 0.4) is 0 Å². The first-order valence-corrected chi connectivity index (χ1v) is 10.2. The van der Waals surface area contributed by atoms with E-state index >= 15 is 0 Å². The molecule has 29 heavy (non-hydrogen) atoms. The van der Waals surface area contributed by atoms with Gasteiger partial charge in [0, 0.05) is 11.0 Å². The smallest absolute Gasteiger partial charge is 0.416 e. The second kappa shape index (κ2) is 8.13. The molecule has 0 unspecified atom stereocenters. The summed E-state index contributed by atoms with van der Waals surface area (Å²) in [5, 5.41) is 1.13. The van der Waals surface area contributed by atoms with Crippen LogP contribution in [0, 0.1) is 0 Å². The third-order valence-corrected chi connectivity index (χ3v) is 5.67. The zero-order valence-corrected chi connectivity index (χ0v) is 16.2. The van der Waals surface area contributed by atoms with Gasteiger partial charge in [-0.2, -0.15) is 13.2 Å². The van der Waals surface area contributed by atoms with Crippen LogP contribution >= 0.6 is 0 Å². The SMILES string of the molecule is CC=CS(=O)(=O)c1ccc(-c2ccccc2Oc2ccc(C(F)(F)F)cc2)cc1. The maximum Gasteiger partial charge on any atom is 0.416 e. The topological polar surface area (TPSA) is 43.4 Å². The molecule has 3 rings (SSSR count). The molecule has 0 saturated carbocycles. The largest absolute Gasteiger partial charge is 0.457 e. The molecule has 150 valence electrons. The van der Waals surface area contributed by atoms with Crippen LogP contribution in [-0.4, -0.2) is 8.42 Å². The fourth-order valence-electron chi connectivity index (χ4n) is 2.71. The Morgan fingerprint density at radius 1 is 0.862 bits per heavy atom. The number of hydrogen-bond acceptors (Lipinski definition) is 3. The van der Waals surface area contributed by atoms with E-state index in [1.54, 1.807) is 43.3 Å². The fourth-order valence-corrected chi connectivity index (χ4v) is 3.75. The fraction of sp³-hybridized carbons (Fsp3) is 0.0909. The van der Waals surface area contributed by atoms with Gasteiger partial charge in [0.2, 0.25) is 0 Å². The van der Waals surface area contributed by atoms with Crippen molar-refractivity contribution >= 4 is 9.84 Å². The molecule has 0 aliphatic heterocycles. The summed E-state index contributed by atoms with van der Waals surface area (Å²) in [5.74, 6) is 0.703. The van der Waals surface area contributed by atoms with Crippen LogP contribution in [0.4, 0.5) is 13.2 Å². The van der Waals surface area contributed by atoms with Crippen molar-refractivity contribution in [3.05, 3.63) is 89.8 Å². The summed E-state index contributed by atoms with van der Waals surface area (Å²) < 4.78 is 68.1. The van der Waals surface area contributed by atoms with Gasteiger partial charge >= 0.3 is 6.18 Å². The normalized spacial score (nSPS) is 12.3. The molecular formula is C22H17F3O3S. The van der Waals surface area contributed by atoms with Crippen LogP contribution in [-0.2, 0) is 16.0 Å². The van der Waals surface area contributed by atoms with Crippen LogP contribution in [0.5, 0.6) is 11.5 Å². The number of halogens is 3. The molecule has 0 radical (unpaired) electrons. The third kappa shape index (κ3) is 4.86. The highest BCUT2D eigenvalue weighted by Gasteiger charge is 2.30. The van der Waals surface area contributed by atoms with Gasteiger partial charge in [-0.1, -0.05) is 36.4 Å². The lowest BCUT2D eigenvalue weighted by Crippen LogP contribution is -2.04. The van der Waals surface area contributed by atoms with Crippen molar-refractivity contribution < 1.29 is 26.3 Å². The van der Waals surface area contributed by atoms with Crippen molar-refractivity contribution in [2.45, 2.75) is 18.0 Å². The van der Waals surface area contributed by atoms with Crippen LogP contribution in [0.15, 0.2) is 89.2 Å². The van der Waals surface area contributed by atoms with E-state index in [1.165, 1.54) is 30.3 Å². The minimum atomic E-state index is -4.41. The molecule has 0 aliphatic rings. The van der Waals surface area contributed by atoms with E-state index in [1.807, 2.05) is 0 Å². The maximum absolute atomic E-state index is 12.7. The van der Waals surface area contributed by atoms with Crippen LogP contribution in [0.25, 0.3) is 11.1 Å². The average molecular weight is 418 g/mol. The Morgan fingerprint density at radius 2 is 1.48 bits per heavy atom. The highest BCUT2D eigenvalue weighted by atomic mass is 32.2. The summed E-state index contributed by atoms with van der Waals surface area (Å²) in [6.07, 6.45) is -2.96. The van der Waals surface area contributed by atoms with E-state index in [0.29, 0.717) is 16.9 Å². The Bertz CT molecular complexity index is 1120. The summed E-state index contributed by atoms with van der Waals surface area (Å²) in [6, 6.07) is 17.8. The zero-order valence-electron chi connectivity index (χ0n) is 15.3. The summed E-state index contributed by atoms with van der Waals surface area (Å²) in [6.45, 7) is 1.63. The number of sulfone groups is 1. The minimum Gasteiger partial charge on any atom is -0.457 e. The van der Waals surface area contributed by atoms with Gasteiger partial charge in [0.25, 0.3) is 0 Å². The molecule has 0 fully saturated rings. The molecule has 7 heteroatoms. The number of ether oxygens (including phenoxy) is 1. The Kier molecular flexibility index (Phi) is 5.79. The van der Waals surface area contributed by atoms with Crippen molar-refractivity contribution in [1.82, 2.24) is 0 Å². The van der Waals surface area contributed by atoms with E-state index in [0.717, 1.165) is 17.5 Å². The van der Waals surface area contributed by atoms with E-state index < -0.39 is 21.6 Å². The Hall–Kier alpha value is -3.06. The van der Waals surface area contributed by atoms with Gasteiger partial charge in [0.1, 0.15) is 11.5 Å². The molecule has 3 aromatic rings. The molecule has 0 spiro atoms. The second-order valence-corrected chi connectivity index (χ2v) is 7.99. The van der Waals surface area contributed by atoms with Gasteiger partial charge in [-0.3, -0.25) is 0 Å². The van der Waals surface area contributed by atoms with Crippen LogP contribution in [0.2, 0.25) is 0 Å². The first kappa shape index (κ1) is 20.7. The quantitative estimate of drug-likeness (QED) is 0.477. The van der Waals surface area contributed by atoms with Gasteiger partial charge in [-0.25, -0.2) is 8.42 Å². The van der Waals surface area contributed by atoms with E-state index in [-0.39, 0.29) is 10.6 Å². The van der Waals surface area contributed by atoms with Gasteiger partial charge in [-0.15, -0.1) is 0 Å². The summed E-state index contributed by atoms with van der Waals surface area (Å²) >= 11 is 0. The Labute approximate surface area is 167 Å². The Morgan fingerprint density at radius 3 is 2.07 bits per heavy atom. The molecule has 0 saturated heterocycles. The van der Waals surface area contributed by atoms with Crippen molar-refractivity contribution in [2.75, 3.05) is 0 Å². The molecule has 3 aromatic carbocycles. The molecule has 0 N–H and O–H groups in total. The maximum atomic E-state index is 12.7. The number of para-hydroxylation sites is 1. The predicted molar refractivity (Wildman–Crippen MR) is 105 cm³/mol. The predicted octanol–water partition coefficient (Wildman–Crippen LogP) is 6.47. The second-order valence-electron chi connectivity index (χ2n) is 6.16. The lowest BCUT2D eigenvalue weighted by Gasteiger charge is -2.13. The number of rotatable bonds is 5. The van der Waals surface area contributed by atoms with Crippen LogP contribution < -0.4 is 4.74 Å². The van der Waals surface area contributed by atoms with Crippen molar-refractivity contribution in [2.24, 2.45) is 0 Å². The zero-order chi connectivity index (χ0) is 21.1. The number of alkyl halides is 3. The number of allylic oxidation sites excluding steroid dienone is 1. The minimum absolute atomic E-state index is 0.167. The first-order valence-electron chi connectivity index (χ1n) is 8.63.